The lowest BCUT2D eigenvalue weighted by atomic mass is 9.66. The van der Waals surface area contributed by atoms with Crippen molar-refractivity contribution < 1.29 is 0 Å². The smallest absolute Gasteiger partial charge is 0.0212 e. The lowest BCUT2D eigenvalue weighted by Crippen LogP contribution is -2.63. The van der Waals surface area contributed by atoms with Crippen LogP contribution < -0.4 is 5.32 Å². The van der Waals surface area contributed by atoms with E-state index in [9.17, 15) is 0 Å². The van der Waals surface area contributed by atoms with Crippen LogP contribution in [0.15, 0.2) is 0 Å². The van der Waals surface area contributed by atoms with Crippen molar-refractivity contribution in [2.45, 2.75) is 83.2 Å². The van der Waals surface area contributed by atoms with Gasteiger partial charge in [0.05, 0.1) is 0 Å². The van der Waals surface area contributed by atoms with Crippen LogP contribution in [-0.4, -0.2) is 11.1 Å². The Morgan fingerprint density at radius 3 is 2.40 bits per heavy atom. The highest BCUT2D eigenvalue weighted by atomic mass is 15.1. The number of nitrogens with one attached hydrogen (secondary N) is 1. The summed E-state index contributed by atoms with van der Waals surface area (Å²) in [5, 5.41) is 4.04. The van der Waals surface area contributed by atoms with Gasteiger partial charge in [0.25, 0.3) is 0 Å². The summed E-state index contributed by atoms with van der Waals surface area (Å²) < 4.78 is 0. The summed E-state index contributed by atoms with van der Waals surface area (Å²) in [7, 11) is 0. The molecule has 2 fully saturated rings. The van der Waals surface area contributed by atoms with Gasteiger partial charge >= 0.3 is 0 Å². The van der Waals surface area contributed by atoms with Crippen LogP contribution in [0.5, 0.6) is 0 Å². The quantitative estimate of drug-likeness (QED) is 0.691. The van der Waals surface area contributed by atoms with Gasteiger partial charge in [-0.3, -0.25) is 0 Å². The first-order valence-corrected chi connectivity index (χ1v) is 6.90. The minimum absolute atomic E-state index is 0.420. The summed E-state index contributed by atoms with van der Waals surface area (Å²) in [6.45, 7) is 7.22. The lowest BCUT2D eigenvalue weighted by Gasteiger charge is -2.53. The van der Waals surface area contributed by atoms with E-state index in [4.69, 9.17) is 0 Å². The SMILES string of the molecule is CCC1(C)CCC(C)C2(CCCCC2)N1. The van der Waals surface area contributed by atoms with Crippen molar-refractivity contribution in [3.05, 3.63) is 0 Å². The summed E-state index contributed by atoms with van der Waals surface area (Å²) in [5.74, 6) is 0.887. The Kier molecular flexibility index (Phi) is 3.12. The molecule has 2 atom stereocenters. The van der Waals surface area contributed by atoms with E-state index in [0.29, 0.717) is 11.1 Å². The molecule has 1 aliphatic carbocycles. The highest BCUT2D eigenvalue weighted by Gasteiger charge is 2.45. The van der Waals surface area contributed by atoms with Crippen LogP contribution in [0.1, 0.15) is 72.1 Å². The van der Waals surface area contributed by atoms with Crippen LogP contribution in [-0.2, 0) is 0 Å². The number of piperidine rings is 1. The third-order valence-corrected chi connectivity index (χ3v) is 5.15. The van der Waals surface area contributed by atoms with Crippen molar-refractivity contribution in [1.29, 1.82) is 0 Å². The molecule has 88 valence electrons. The molecular formula is C14H27N. The van der Waals surface area contributed by atoms with Gasteiger partial charge in [-0.15, -0.1) is 0 Å². The van der Waals surface area contributed by atoms with Gasteiger partial charge in [-0.1, -0.05) is 33.1 Å². The third-order valence-electron chi connectivity index (χ3n) is 5.15. The zero-order chi connectivity index (χ0) is 10.9. The number of hydrogen-bond donors (Lipinski definition) is 1. The van der Waals surface area contributed by atoms with Gasteiger partial charge < -0.3 is 5.32 Å². The van der Waals surface area contributed by atoms with Gasteiger partial charge in [0.1, 0.15) is 0 Å². The normalized spacial score (nSPS) is 40.6. The molecule has 1 aliphatic heterocycles. The zero-order valence-corrected chi connectivity index (χ0v) is 10.7. The van der Waals surface area contributed by atoms with Gasteiger partial charge in [-0.05, 0) is 44.9 Å². The zero-order valence-electron chi connectivity index (χ0n) is 10.7. The van der Waals surface area contributed by atoms with E-state index in [0.717, 1.165) is 5.92 Å². The summed E-state index contributed by atoms with van der Waals surface area (Å²) in [4.78, 5) is 0. The first-order chi connectivity index (χ1) is 7.10. The Morgan fingerprint density at radius 2 is 1.80 bits per heavy atom. The maximum absolute atomic E-state index is 4.04. The minimum atomic E-state index is 0.420. The molecule has 1 N–H and O–H groups in total. The second kappa shape index (κ2) is 4.08. The summed E-state index contributed by atoms with van der Waals surface area (Å²) >= 11 is 0. The molecule has 1 heterocycles. The molecular weight excluding hydrogens is 182 g/mol. The minimum Gasteiger partial charge on any atom is -0.306 e. The van der Waals surface area contributed by atoms with E-state index in [2.05, 4.69) is 26.1 Å². The van der Waals surface area contributed by atoms with Crippen LogP contribution in [0.4, 0.5) is 0 Å². The molecule has 2 unspecified atom stereocenters. The summed E-state index contributed by atoms with van der Waals surface area (Å²) in [6.07, 6.45) is 11.3. The predicted molar refractivity (Wildman–Crippen MR) is 66.0 cm³/mol. The fraction of sp³-hybridized carbons (Fsp3) is 1.00. The molecule has 2 rings (SSSR count). The fourth-order valence-corrected chi connectivity index (χ4v) is 3.66. The first kappa shape index (κ1) is 11.4. The molecule has 0 amide bonds. The Bertz CT molecular complexity index is 217. The van der Waals surface area contributed by atoms with Gasteiger partial charge in [0.2, 0.25) is 0 Å². The molecule has 0 bridgehead atoms. The van der Waals surface area contributed by atoms with Gasteiger partial charge in [0.15, 0.2) is 0 Å². The predicted octanol–water partition coefficient (Wildman–Crippen LogP) is 3.88. The standard InChI is InChI=1S/C14H27N/c1-4-13(3)11-8-12(2)14(15-13)9-6-5-7-10-14/h12,15H,4-11H2,1-3H3. The van der Waals surface area contributed by atoms with Crippen molar-refractivity contribution in [2.75, 3.05) is 0 Å². The van der Waals surface area contributed by atoms with Crippen molar-refractivity contribution in [2.24, 2.45) is 5.92 Å². The molecule has 0 aromatic carbocycles. The van der Waals surface area contributed by atoms with Gasteiger partial charge in [-0.2, -0.15) is 0 Å². The van der Waals surface area contributed by atoms with E-state index in [1.165, 1.54) is 51.4 Å². The number of hydrogen-bond acceptors (Lipinski definition) is 1. The molecule has 1 spiro atoms. The van der Waals surface area contributed by atoms with Crippen molar-refractivity contribution >= 4 is 0 Å². The second-order valence-electron chi connectivity index (χ2n) is 6.20. The molecule has 0 aromatic heterocycles. The number of rotatable bonds is 1. The molecule has 1 saturated carbocycles. The summed E-state index contributed by atoms with van der Waals surface area (Å²) in [6, 6.07) is 0. The van der Waals surface area contributed by atoms with Crippen molar-refractivity contribution in [1.82, 2.24) is 5.32 Å². The Balaban J connectivity index is 2.13. The average molecular weight is 209 g/mol. The Morgan fingerprint density at radius 1 is 1.13 bits per heavy atom. The van der Waals surface area contributed by atoms with Crippen LogP contribution in [0, 0.1) is 5.92 Å². The maximum atomic E-state index is 4.04. The van der Waals surface area contributed by atoms with Crippen LogP contribution >= 0.6 is 0 Å². The van der Waals surface area contributed by atoms with Crippen LogP contribution in [0.3, 0.4) is 0 Å². The molecule has 0 aromatic rings. The molecule has 2 aliphatic rings. The van der Waals surface area contributed by atoms with Crippen LogP contribution in [0.25, 0.3) is 0 Å². The molecule has 1 nitrogen and oxygen atoms in total. The van der Waals surface area contributed by atoms with Crippen molar-refractivity contribution in [3.8, 4) is 0 Å². The topological polar surface area (TPSA) is 12.0 Å². The molecule has 1 heteroatoms. The monoisotopic (exact) mass is 209 g/mol. The molecule has 0 radical (unpaired) electrons. The van der Waals surface area contributed by atoms with Crippen LogP contribution in [0.2, 0.25) is 0 Å². The lowest BCUT2D eigenvalue weighted by molar-refractivity contribution is 0.0500. The Labute approximate surface area is 95.0 Å². The second-order valence-corrected chi connectivity index (χ2v) is 6.20. The van der Waals surface area contributed by atoms with E-state index in [1.54, 1.807) is 0 Å². The molecule has 15 heavy (non-hydrogen) atoms. The summed E-state index contributed by atoms with van der Waals surface area (Å²) in [5.41, 5.74) is 0.922. The van der Waals surface area contributed by atoms with Crippen molar-refractivity contribution in [3.63, 3.8) is 0 Å². The highest BCUT2D eigenvalue weighted by molar-refractivity contribution is 5.04. The maximum Gasteiger partial charge on any atom is 0.0212 e. The third kappa shape index (κ3) is 2.08. The fourth-order valence-electron chi connectivity index (χ4n) is 3.66. The highest BCUT2D eigenvalue weighted by Crippen LogP contribution is 2.43. The molecule has 1 saturated heterocycles. The average Bonchev–Trinajstić information content (AvgIpc) is 2.26. The van der Waals surface area contributed by atoms with Gasteiger partial charge in [0, 0.05) is 11.1 Å². The Hall–Kier alpha value is -0.0400. The van der Waals surface area contributed by atoms with E-state index >= 15 is 0 Å². The van der Waals surface area contributed by atoms with Gasteiger partial charge in [-0.25, -0.2) is 0 Å². The van der Waals surface area contributed by atoms with E-state index < -0.39 is 0 Å². The largest absolute Gasteiger partial charge is 0.306 e. The van der Waals surface area contributed by atoms with E-state index in [-0.39, 0.29) is 0 Å². The first-order valence-electron chi connectivity index (χ1n) is 6.90. The van der Waals surface area contributed by atoms with E-state index in [1.807, 2.05) is 0 Å².